The number of aryl methyl sites for hydroxylation is 1. The standard InChI is InChI=1S/C29H34FN3O4/c1-21-27(24-6-3-4-7-25(24)31(21)2)28(35)33-13-5-12-29(19-33,18-26(34)32-14-16-36-17-15-32)20-37-23-10-8-22(30)9-11-23/h3-4,6-11H,5,12-20H2,1-2H3. The number of likely N-dealkylation sites (tertiary alicyclic amines) is 1. The molecule has 3 aromatic rings. The number of amides is 2. The number of aromatic nitrogens is 1. The van der Waals surface area contributed by atoms with Crippen molar-refractivity contribution in [3.8, 4) is 5.75 Å². The molecule has 1 unspecified atom stereocenters. The van der Waals surface area contributed by atoms with Crippen LogP contribution in [-0.4, -0.2) is 72.2 Å². The van der Waals surface area contributed by atoms with E-state index in [4.69, 9.17) is 9.47 Å². The average molecular weight is 508 g/mol. The van der Waals surface area contributed by atoms with Gasteiger partial charge in [0.2, 0.25) is 5.91 Å². The molecule has 5 rings (SSSR count). The first-order valence-electron chi connectivity index (χ1n) is 12.9. The lowest BCUT2D eigenvalue weighted by atomic mass is 9.77. The Morgan fingerprint density at radius 1 is 1.03 bits per heavy atom. The van der Waals surface area contributed by atoms with Crippen molar-refractivity contribution in [2.24, 2.45) is 12.5 Å². The molecule has 3 heterocycles. The fourth-order valence-electron chi connectivity index (χ4n) is 5.66. The molecule has 2 aromatic carbocycles. The number of carbonyl (C=O) groups is 2. The highest BCUT2D eigenvalue weighted by Gasteiger charge is 2.42. The molecule has 0 radical (unpaired) electrons. The summed E-state index contributed by atoms with van der Waals surface area (Å²) in [5.74, 6) is 0.262. The van der Waals surface area contributed by atoms with E-state index in [0.717, 1.165) is 29.4 Å². The summed E-state index contributed by atoms with van der Waals surface area (Å²) in [7, 11) is 1.98. The van der Waals surface area contributed by atoms with E-state index in [1.165, 1.54) is 12.1 Å². The molecule has 1 atom stereocenters. The molecule has 2 saturated heterocycles. The van der Waals surface area contributed by atoms with Gasteiger partial charge in [-0.3, -0.25) is 9.59 Å². The Kier molecular flexibility index (Phi) is 7.20. The normalized spacial score (nSPS) is 20.3. The van der Waals surface area contributed by atoms with Crippen molar-refractivity contribution in [3.05, 3.63) is 65.6 Å². The van der Waals surface area contributed by atoms with Crippen molar-refractivity contribution in [1.29, 1.82) is 0 Å². The predicted molar refractivity (Wildman–Crippen MR) is 139 cm³/mol. The molecule has 37 heavy (non-hydrogen) atoms. The molecule has 0 spiro atoms. The molecule has 0 saturated carbocycles. The second kappa shape index (κ2) is 10.5. The zero-order chi connectivity index (χ0) is 26.0. The number of carbonyl (C=O) groups excluding carboxylic acids is 2. The maximum Gasteiger partial charge on any atom is 0.256 e. The summed E-state index contributed by atoms with van der Waals surface area (Å²) < 4.78 is 27.0. The van der Waals surface area contributed by atoms with E-state index in [-0.39, 0.29) is 30.7 Å². The van der Waals surface area contributed by atoms with Gasteiger partial charge in [-0.25, -0.2) is 4.39 Å². The number of hydrogen-bond acceptors (Lipinski definition) is 4. The Bertz CT molecular complexity index is 1280. The quantitative estimate of drug-likeness (QED) is 0.502. The predicted octanol–water partition coefficient (Wildman–Crippen LogP) is 4.18. The van der Waals surface area contributed by atoms with E-state index in [2.05, 4.69) is 4.57 Å². The molecule has 2 aliphatic rings. The first-order chi connectivity index (χ1) is 17.9. The Morgan fingerprint density at radius 3 is 2.51 bits per heavy atom. The highest BCUT2D eigenvalue weighted by atomic mass is 19.1. The highest BCUT2D eigenvalue weighted by Crippen LogP contribution is 2.37. The van der Waals surface area contributed by atoms with Crippen LogP contribution in [0.1, 0.15) is 35.3 Å². The van der Waals surface area contributed by atoms with Crippen LogP contribution in [0.4, 0.5) is 4.39 Å². The number of morpholine rings is 1. The largest absolute Gasteiger partial charge is 0.493 e. The molecule has 8 heteroatoms. The topological polar surface area (TPSA) is 64.0 Å². The van der Waals surface area contributed by atoms with Crippen LogP contribution < -0.4 is 4.74 Å². The molecule has 196 valence electrons. The number of fused-ring (bicyclic) bond motifs is 1. The van der Waals surface area contributed by atoms with Crippen LogP contribution in [0.2, 0.25) is 0 Å². The van der Waals surface area contributed by atoms with Gasteiger partial charge in [-0.2, -0.15) is 0 Å². The monoisotopic (exact) mass is 507 g/mol. The summed E-state index contributed by atoms with van der Waals surface area (Å²) in [5, 5.41) is 0.940. The van der Waals surface area contributed by atoms with Crippen LogP contribution in [0, 0.1) is 18.2 Å². The van der Waals surface area contributed by atoms with E-state index in [1.807, 2.05) is 48.0 Å². The molecule has 0 aliphatic carbocycles. The Morgan fingerprint density at radius 2 is 1.76 bits per heavy atom. The lowest BCUT2D eigenvalue weighted by molar-refractivity contribution is -0.139. The summed E-state index contributed by atoms with van der Waals surface area (Å²) in [6.45, 7) is 5.52. The highest BCUT2D eigenvalue weighted by molar-refractivity contribution is 6.08. The Balaban J connectivity index is 1.41. The second-order valence-corrected chi connectivity index (χ2v) is 10.3. The van der Waals surface area contributed by atoms with Gasteiger partial charge in [0.1, 0.15) is 11.6 Å². The van der Waals surface area contributed by atoms with E-state index in [0.29, 0.717) is 50.7 Å². The molecular formula is C29H34FN3O4. The van der Waals surface area contributed by atoms with Gasteiger partial charge >= 0.3 is 0 Å². The average Bonchev–Trinajstić information content (AvgIpc) is 3.18. The van der Waals surface area contributed by atoms with Crippen LogP contribution in [0.25, 0.3) is 10.9 Å². The van der Waals surface area contributed by atoms with Crippen molar-refractivity contribution in [1.82, 2.24) is 14.4 Å². The molecule has 7 nitrogen and oxygen atoms in total. The fourth-order valence-corrected chi connectivity index (χ4v) is 5.66. The van der Waals surface area contributed by atoms with Gasteiger partial charge < -0.3 is 23.8 Å². The van der Waals surface area contributed by atoms with Crippen molar-refractivity contribution in [3.63, 3.8) is 0 Å². The number of para-hydroxylation sites is 1. The molecule has 2 aliphatic heterocycles. The number of hydrogen-bond donors (Lipinski definition) is 0. The van der Waals surface area contributed by atoms with E-state index in [9.17, 15) is 14.0 Å². The van der Waals surface area contributed by atoms with Gasteiger partial charge in [-0.1, -0.05) is 18.2 Å². The molecule has 0 bridgehead atoms. The number of halogens is 1. The molecule has 2 amide bonds. The lowest BCUT2D eigenvalue weighted by Crippen LogP contribution is -2.52. The summed E-state index contributed by atoms with van der Waals surface area (Å²) in [4.78, 5) is 31.1. The minimum atomic E-state index is -0.545. The van der Waals surface area contributed by atoms with Gasteiger partial charge in [0.05, 0.1) is 25.4 Å². The van der Waals surface area contributed by atoms with Gasteiger partial charge in [0, 0.05) is 61.7 Å². The first kappa shape index (κ1) is 25.3. The van der Waals surface area contributed by atoms with E-state index >= 15 is 0 Å². The number of nitrogens with zero attached hydrogens (tertiary/aromatic N) is 3. The maximum absolute atomic E-state index is 14.0. The van der Waals surface area contributed by atoms with E-state index < -0.39 is 5.41 Å². The fraction of sp³-hybridized carbons (Fsp3) is 0.448. The third-order valence-corrected chi connectivity index (χ3v) is 7.81. The van der Waals surface area contributed by atoms with Crippen LogP contribution in [0.5, 0.6) is 5.75 Å². The maximum atomic E-state index is 14.0. The number of piperidine rings is 1. The van der Waals surface area contributed by atoms with Crippen molar-refractivity contribution in [2.75, 3.05) is 46.0 Å². The van der Waals surface area contributed by atoms with Crippen LogP contribution >= 0.6 is 0 Å². The number of ether oxygens (including phenoxy) is 2. The van der Waals surface area contributed by atoms with Crippen LogP contribution in [0.15, 0.2) is 48.5 Å². The van der Waals surface area contributed by atoms with Gasteiger partial charge in [0.15, 0.2) is 0 Å². The summed E-state index contributed by atoms with van der Waals surface area (Å²) in [5.41, 5.74) is 2.12. The molecule has 0 N–H and O–H groups in total. The van der Waals surface area contributed by atoms with Gasteiger partial charge in [-0.05, 0) is 50.1 Å². The number of rotatable bonds is 6. The van der Waals surface area contributed by atoms with E-state index in [1.54, 1.807) is 12.1 Å². The van der Waals surface area contributed by atoms with Gasteiger partial charge in [0.25, 0.3) is 5.91 Å². The van der Waals surface area contributed by atoms with Gasteiger partial charge in [-0.15, -0.1) is 0 Å². The minimum Gasteiger partial charge on any atom is -0.493 e. The second-order valence-electron chi connectivity index (χ2n) is 10.3. The lowest BCUT2D eigenvalue weighted by Gasteiger charge is -2.43. The third-order valence-electron chi connectivity index (χ3n) is 7.81. The van der Waals surface area contributed by atoms with Crippen molar-refractivity contribution in [2.45, 2.75) is 26.2 Å². The smallest absolute Gasteiger partial charge is 0.256 e. The zero-order valence-corrected chi connectivity index (χ0v) is 21.5. The first-order valence-corrected chi connectivity index (χ1v) is 12.9. The number of benzene rings is 2. The van der Waals surface area contributed by atoms with Crippen molar-refractivity contribution < 1.29 is 23.5 Å². The summed E-state index contributed by atoms with van der Waals surface area (Å²) >= 11 is 0. The molecule has 1 aromatic heterocycles. The van der Waals surface area contributed by atoms with Crippen LogP contribution in [0.3, 0.4) is 0 Å². The summed E-state index contributed by atoms with van der Waals surface area (Å²) in [6, 6.07) is 13.9. The Labute approximate surface area is 216 Å². The Hall–Kier alpha value is -3.39. The van der Waals surface area contributed by atoms with Crippen molar-refractivity contribution >= 4 is 22.7 Å². The summed E-state index contributed by atoms with van der Waals surface area (Å²) in [6.07, 6.45) is 1.83. The SMILES string of the molecule is Cc1c(C(=O)N2CCCC(COc3ccc(F)cc3)(CC(=O)N3CCOCC3)C2)c2ccccc2n1C. The minimum absolute atomic E-state index is 0.0148. The molecule has 2 fully saturated rings. The van der Waals surface area contributed by atoms with Crippen LogP contribution in [-0.2, 0) is 16.6 Å². The zero-order valence-electron chi connectivity index (χ0n) is 21.5. The third kappa shape index (κ3) is 5.21. The molecular weight excluding hydrogens is 473 g/mol.